The van der Waals surface area contributed by atoms with Gasteiger partial charge in [-0.15, -0.1) is 11.8 Å². The lowest BCUT2D eigenvalue weighted by Crippen LogP contribution is -2.47. The number of thioether (sulfide) groups is 1. The number of aliphatic carboxylic acids is 1. The van der Waals surface area contributed by atoms with Crippen molar-refractivity contribution in [1.29, 1.82) is 0 Å². The van der Waals surface area contributed by atoms with Crippen LogP contribution in [-0.2, 0) is 35.3 Å². The van der Waals surface area contributed by atoms with Crippen molar-refractivity contribution < 1.29 is 19.4 Å². The Labute approximate surface area is 303 Å². The lowest BCUT2D eigenvalue weighted by atomic mass is 9.82. The summed E-state index contributed by atoms with van der Waals surface area (Å²) in [7, 11) is 0. The van der Waals surface area contributed by atoms with E-state index in [4.69, 9.17) is 4.74 Å². The predicted molar refractivity (Wildman–Crippen MR) is 201 cm³/mol. The molecule has 7 heterocycles. The Bertz CT molecular complexity index is 2130. The third kappa shape index (κ3) is 5.19. The van der Waals surface area contributed by atoms with Crippen LogP contribution in [0.25, 0.3) is 5.57 Å². The van der Waals surface area contributed by atoms with E-state index < -0.39 is 5.97 Å². The van der Waals surface area contributed by atoms with Gasteiger partial charge in [-0.3, -0.25) is 9.59 Å². The molecule has 1 N–H and O–H groups in total. The molecule has 3 aromatic carbocycles. The molecule has 51 heavy (non-hydrogen) atoms. The van der Waals surface area contributed by atoms with Gasteiger partial charge < -0.3 is 24.5 Å². The molecular weight excluding hydrogens is 657 g/mol. The van der Waals surface area contributed by atoms with Gasteiger partial charge in [0, 0.05) is 88.9 Å². The summed E-state index contributed by atoms with van der Waals surface area (Å²) in [6.07, 6.45) is 10.1. The van der Waals surface area contributed by atoms with Gasteiger partial charge in [-0.25, -0.2) is 4.58 Å². The lowest BCUT2D eigenvalue weighted by molar-refractivity contribution is -0.145. The summed E-state index contributed by atoms with van der Waals surface area (Å²) in [5.41, 5.74) is 12.1. The molecule has 3 aromatic rings. The number of fused-ring (bicyclic) bond motifs is 5. The second kappa shape index (κ2) is 12.3. The first-order valence-electron chi connectivity index (χ1n) is 19.4. The molecule has 1 fully saturated rings. The molecule has 1 unspecified atom stereocenters. The molecule has 10 rings (SSSR count). The van der Waals surface area contributed by atoms with Gasteiger partial charge in [0.2, 0.25) is 11.3 Å². The van der Waals surface area contributed by atoms with Crippen LogP contribution < -0.4 is 29.7 Å². The monoisotopic (exact) mass is 703 g/mol. The van der Waals surface area contributed by atoms with Gasteiger partial charge in [-0.2, -0.15) is 0 Å². The molecule has 1 atom stereocenters. The highest BCUT2D eigenvalue weighted by Gasteiger charge is 2.37. The number of benzene rings is 3. The minimum Gasteiger partial charge on any atom is -0.481 e. The third-order valence-electron chi connectivity index (χ3n) is 12.6. The Kier molecular flexibility index (Phi) is 7.66. The van der Waals surface area contributed by atoms with Crippen LogP contribution in [0.3, 0.4) is 0 Å². The molecule has 0 radical (unpaired) electrons. The number of carbonyl (C=O) groups excluding carboxylic acids is 1. The summed E-state index contributed by atoms with van der Waals surface area (Å²) in [5, 5.41) is 12.5. The zero-order valence-electron chi connectivity index (χ0n) is 29.6. The van der Waals surface area contributed by atoms with Crippen molar-refractivity contribution >= 4 is 40.6 Å². The minimum absolute atomic E-state index is 0.0928. The summed E-state index contributed by atoms with van der Waals surface area (Å²) in [4.78, 5) is 33.0. The van der Waals surface area contributed by atoms with Crippen LogP contribution >= 0.6 is 11.8 Å². The first-order valence-corrected chi connectivity index (χ1v) is 20.3. The molecule has 0 spiro atoms. The van der Waals surface area contributed by atoms with E-state index in [0.717, 1.165) is 75.6 Å². The highest BCUT2D eigenvalue weighted by Crippen LogP contribution is 2.49. The molecular formula is C42H47N4O4S+. The van der Waals surface area contributed by atoms with E-state index in [1.54, 1.807) is 0 Å². The average Bonchev–Trinajstić information content (AvgIpc) is 3.14. The number of nitrogens with zero attached hydrogens (tertiary/aromatic N) is 4. The summed E-state index contributed by atoms with van der Waals surface area (Å²) >= 11 is 1.91. The van der Waals surface area contributed by atoms with Gasteiger partial charge in [0.05, 0.1) is 23.7 Å². The van der Waals surface area contributed by atoms with Crippen molar-refractivity contribution in [2.24, 2.45) is 5.92 Å². The SMILES string of the molecule is CC1CN(CC(=O)N2CCC(C(=O)O)CC2)c2ccc(C3=c4cc5c6c(c4Oc4c3cc3c7c4CCCN7CCC3)CCC[N+]=6CCC5)cc2S1. The third-order valence-corrected chi connectivity index (χ3v) is 13.7. The fourth-order valence-corrected chi connectivity index (χ4v) is 11.5. The fraction of sp³-hybridized carbons (Fsp3) is 0.500. The topological polar surface area (TPSA) is 76.3 Å². The standard InChI is InChI=1S/C42H46N4O4S/c1-25-23-46(24-36(47)43-18-12-26(13-19-43)42(48)49)34-11-10-27(22-35(34)51-25)37-32-20-28-6-2-14-44-16-4-8-30(38(28)44)40(32)50-41-31-9-5-17-45-15-3-7-29(39(31)45)21-33(37)41/h10-11,20-22,25-26H,2-9,12-19,23-24H2,1H3/p+1. The summed E-state index contributed by atoms with van der Waals surface area (Å²) in [6.45, 7) is 8.98. The number of carbonyl (C=O) groups is 2. The van der Waals surface area contributed by atoms with Gasteiger partial charge in [0.15, 0.2) is 0 Å². The van der Waals surface area contributed by atoms with Gasteiger partial charge in [-0.05, 0) is 86.8 Å². The van der Waals surface area contributed by atoms with E-state index >= 15 is 0 Å². The maximum absolute atomic E-state index is 13.6. The van der Waals surface area contributed by atoms with Gasteiger partial charge in [0.25, 0.3) is 0 Å². The highest BCUT2D eigenvalue weighted by molar-refractivity contribution is 8.00. The molecule has 0 aliphatic carbocycles. The van der Waals surface area contributed by atoms with Crippen LogP contribution in [-0.4, -0.2) is 79.5 Å². The highest BCUT2D eigenvalue weighted by atomic mass is 32.2. The maximum Gasteiger partial charge on any atom is 0.306 e. The number of hydrogen-bond acceptors (Lipinski definition) is 6. The smallest absolute Gasteiger partial charge is 0.306 e. The molecule has 7 aliphatic rings. The number of carboxylic acid groups (broad SMARTS) is 1. The maximum atomic E-state index is 13.6. The van der Waals surface area contributed by atoms with Crippen LogP contribution in [0.5, 0.6) is 11.5 Å². The number of piperidine rings is 1. The zero-order chi connectivity index (χ0) is 34.4. The van der Waals surface area contributed by atoms with Gasteiger partial charge >= 0.3 is 5.97 Å². The number of amides is 1. The molecule has 9 heteroatoms. The fourth-order valence-electron chi connectivity index (χ4n) is 10.3. The summed E-state index contributed by atoms with van der Waals surface area (Å²) < 4.78 is 9.90. The van der Waals surface area contributed by atoms with Crippen molar-refractivity contribution in [3.05, 3.63) is 74.3 Å². The minimum atomic E-state index is -0.746. The van der Waals surface area contributed by atoms with Crippen LogP contribution in [0.4, 0.5) is 11.4 Å². The quantitative estimate of drug-likeness (QED) is 0.308. The van der Waals surface area contributed by atoms with E-state index in [1.807, 2.05) is 16.7 Å². The first kappa shape index (κ1) is 31.7. The van der Waals surface area contributed by atoms with Crippen molar-refractivity contribution in [2.45, 2.75) is 81.3 Å². The molecule has 264 valence electrons. The number of hydrogen-bond donors (Lipinski definition) is 1. The second-order valence-electron chi connectivity index (χ2n) is 15.8. The largest absolute Gasteiger partial charge is 0.481 e. The molecule has 0 bridgehead atoms. The van der Waals surface area contributed by atoms with E-state index in [-0.39, 0.29) is 11.8 Å². The van der Waals surface area contributed by atoms with Crippen LogP contribution in [0, 0.1) is 5.92 Å². The number of ether oxygens (including phenoxy) is 1. The lowest BCUT2D eigenvalue weighted by Gasteiger charge is -2.39. The Morgan fingerprint density at radius 1 is 0.902 bits per heavy atom. The molecule has 7 aliphatic heterocycles. The molecule has 1 saturated heterocycles. The van der Waals surface area contributed by atoms with Gasteiger partial charge in [0.1, 0.15) is 24.6 Å². The Morgan fingerprint density at radius 3 is 2.49 bits per heavy atom. The van der Waals surface area contributed by atoms with Gasteiger partial charge in [-0.1, -0.05) is 13.0 Å². The van der Waals surface area contributed by atoms with E-state index in [0.29, 0.717) is 37.7 Å². The van der Waals surface area contributed by atoms with Crippen molar-refractivity contribution in [3.8, 4) is 11.5 Å². The molecule has 0 aromatic heterocycles. The Hall–Kier alpha value is -3.98. The van der Waals surface area contributed by atoms with E-state index in [9.17, 15) is 14.7 Å². The van der Waals surface area contributed by atoms with E-state index in [2.05, 4.69) is 51.6 Å². The van der Waals surface area contributed by atoms with Crippen molar-refractivity contribution in [1.82, 2.24) is 9.48 Å². The van der Waals surface area contributed by atoms with Crippen LogP contribution in [0.2, 0.25) is 0 Å². The number of anilines is 2. The number of rotatable bonds is 4. The van der Waals surface area contributed by atoms with Crippen molar-refractivity contribution in [3.63, 3.8) is 0 Å². The summed E-state index contributed by atoms with van der Waals surface area (Å²) in [5.74, 6) is 1.18. The van der Waals surface area contributed by atoms with Crippen molar-refractivity contribution in [2.75, 3.05) is 62.2 Å². The zero-order valence-corrected chi connectivity index (χ0v) is 30.5. The van der Waals surface area contributed by atoms with Crippen LogP contribution in [0.1, 0.15) is 78.8 Å². The normalized spacial score (nSPS) is 22.0. The number of aryl methyl sites for hydroxylation is 2. The first-order chi connectivity index (χ1) is 24.9. The Morgan fingerprint density at radius 2 is 1.67 bits per heavy atom. The Balaban J connectivity index is 1.11. The number of likely N-dealkylation sites (tertiary alicyclic amines) is 1. The van der Waals surface area contributed by atoms with E-state index in [1.165, 1.54) is 85.8 Å². The number of carboxylic acids is 1. The van der Waals surface area contributed by atoms with Crippen LogP contribution in [0.15, 0.2) is 35.2 Å². The molecule has 0 saturated carbocycles. The molecule has 8 nitrogen and oxygen atoms in total. The predicted octanol–water partition coefficient (Wildman–Crippen LogP) is 4.75. The second-order valence-corrected chi connectivity index (χ2v) is 17.3. The average molecular weight is 704 g/mol. The summed E-state index contributed by atoms with van der Waals surface area (Å²) in [6, 6.07) is 11.9. The molecule has 1 amide bonds.